The molecule has 78 valence electrons. The largest absolute Gasteiger partial charge is 0.393 e. The standard InChI is InChI=1S/C8H10O5S/c9-6-5-8(7(10)13-6)1-3-14(11,12)4-2-8/h1-5H2. The smallest absolute Gasteiger partial charge is 0.320 e. The minimum Gasteiger partial charge on any atom is -0.393 e. The molecule has 0 unspecified atom stereocenters. The molecule has 0 aromatic heterocycles. The molecule has 0 aliphatic carbocycles. The van der Waals surface area contributed by atoms with Gasteiger partial charge < -0.3 is 4.74 Å². The summed E-state index contributed by atoms with van der Waals surface area (Å²) >= 11 is 0. The molecule has 2 saturated heterocycles. The molecule has 0 radical (unpaired) electrons. The van der Waals surface area contributed by atoms with E-state index in [9.17, 15) is 18.0 Å². The van der Waals surface area contributed by atoms with Crippen LogP contribution in [0.3, 0.4) is 0 Å². The van der Waals surface area contributed by atoms with E-state index in [1.807, 2.05) is 0 Å². The van der Waals surface area contributed by atoms with E-state index in [-0.39, 0.29) is 30.8 Å². The third kappa shape index (κ3) is 1.43. The maximum absolute atomic E-state index is 11.3. The summed E-state index contributed by atoms with van der Waals surface area (Å²) in [6.07, 6.45) is 0.487. The molecule has 0 bridgehead atoms. The van der Waals surface area contributed by atoms with Gasteiger partial charge in [-0.2, -0.15) is 0 Å². The lowest BCUT2D eigenvalue weighted by Gasteiger charge is -2.27. The SMILES string of the molecule is O=C1CC2(CCS(=O)(=O)CC2)C(=O)O1. The van der Waals surface area contributed by atoms with E-state index < -0.39 is 27.2 Å². The van der Waals surface area contributed by atoms with E-state index in [1.54, 1.807) is 0 Å². The number of carbonyl (C=O) groups is 2. The van der Waals surface area contributed by atoms with Crippen molar-refractivity contribution in [2.45, 2.75) is 19.3 Å². The van der Waals surface area contributed by atoms with Crippen LogP contribution < -0.4 is 0 Å². The van der Waals surface area contributed by atoms with Crippen LogP contribution in [0, 0.1) is 5.41 Å². The van der Waals surface area contributed by atoms with Crippen molar-refractivity contribution in [1.29, 1.82) is 0 Å². The van der Waals surface area contributed by atoms with Crippen molar-refractivity contribution in [3.63, 3.8) is 0 Å². The molecule has 0 saturated carbocycles. The molecule has 2 rings (SSSR count). The molecule has 0 aromatic rings. The Kier molecular flexibility index (Phi) is 1.92. The molecular formula is C8H10O5S. The fourth-order valence-electron chi connectivity index (χ4n) is 1.91. The average Bonchev–Trinajstić information content (AvgIpc) is 2.35. The van der Waals surface area contributed by atoms with Crippen molar-refractivity contribution in [2.24, 2.45) is 5.41 Å². The van der Waals surface area contributed by atoms with E-state index in [4.69, 9.17) is 0 Å². The minimum atomic E-state index is -3.01. The zero-order valence-corrected chi connectivity index (χ0v) is 8.30. The molecule has 6 heteroatoms. The van der Waals surface area contributed by atoms with Gasteiger partial charge in [0.05, 0.1) is 23.3 Å². The minimum absolute atomic E-state index is 0.0185. The lowest BCUT2D eigenvalue weighted by Crippen LogP contribution is -2.36. The highest BCUT2D eigenvalue weighted by Gasteiger charge is 2.51. The van der Waals surface area contributed by atoms with Gasteiger partial charge in [0.25, 0.3) is 0 Å². The van der Waals surface area contributed by atoms with Crippen LogP contribution in [0.5, 0.6) is 0 Å². The number of hydrogen-bond acceptors (Lipinski definition) is 5. The number of ether oxygens (including phenoxy) is 1. The highest BCUT2D eigenvalue weighted by Crippen LogP contribution is 2.41. The highest BCUT2D eigenvalue weighted by atomic mass is 32.2. The Balaban J connectivity index is 2.21. The number of carbonyl (C=O) groups excluding carboxylic acids is 2. The van der Waals surface area contributed by atoms with Crippen LogP contribution in [0.1, 0.15) is 19.3 Å². The van der Waals surface area contributed by atoms with Gasteiger partial charge in [0, 0.05) is 0 Å². The zero-order chi connectivity index (χ0) is 10.4. The maximum atomic E-state index is 11.3. The summed E-state index contributed by atoms with van der Waals surface area (Å²) in [5.74, 6) is -1.11. The predicted molar refractivity (Wildman–Crippen MR) is 46.0 cm³/mol. The zero-order valence-electron chi connectivity index (χ0n) is 7.49. The predicted octanol–water partition coefficient (Wildman–Crippen LogP) is -0.345. The summed E-state index contributed by atoms with van der Waals surface area (Å²) in [6, 6.07) is 0. The van der Waals surface area contributed by atoms with Crippen molar-refractivity contribution in [1.82, 2.24) is 0 Å². The van der Waals surface area contributed by atoms with Gasteiger partial charge in [-0.05, 0) is 12.8 Å². The molecule has 0 aromatic carbocycles. The van der Waals surface area contributed by atoms with Crippen LogP contribution in [-0.4, -0.2) is 31.9 Å². The molecule has 2 heterocycles. The van der Waals surface area contributed by atoms with Gasteiger partial charge in [0.1, 0.15) is 9.84 Å². The fraction of sp³-hybridized carbons (Fsp3) is 0.750. The molecular weight excluding hydrogens is 208 g/mol. The summed E-state index contributed by atoms with van der Waals surface area (Å²) in [7, 11) is -3.01. The van der Waals surface area contributed by atoms with Crippen LogP contribution >= 0.6 is 0 Å². The van der Waals surface area contributed by atoms with E-state index in [2.05, 4.69) is 4.74 Å². The van der Waals surface area contributed by atoms with Crippen molar-refractivity contribution in [2.75, 3.05) is 11.5 Å². The molecule has 1 spiro atoms. The number of rotatable bonds is 0. The highest BCUT2D eigenvalue weighted by molar-refractivity contribution is 7.91. The molecule has 2 aliphatic rings. The third-order valence-electron chi connectivity index (χ3n) is 2.91. The molecule has 0 atom stereocenters. The van der Waals surface area contributed by atoms with Gasteiger partial charge >= 0.3 is 11.9 Å². The van der Waals surface area contributed by atoms with E-state index in [0.717, 1.165) is 0 Å². The van der Waals surface area contributed by atoms with Crippen molar-refractivity contribution in [3.8, 4) is 0 Å². The molecule has 14 heavy (non-hydrogen) atoms. The molecule has 2 fully saturated rings. The Hall–Kier alpha value is -0.910. The summed E-state index contributed by atoms with van der Waals surface area (Å²) in [5, 5.41) is 0. The molecule has 0 N–H and O–H groups in total. The monoisotopic (exact) mass is 218 g/mol. The first-order chi connectivity index (χ1) is 6.44. The summed E-state index contributed by atoms with van der Waals surface area (Å²) in [5.41, 5.74) is -0.831. The Morgan fingerprint density at radius 1 is 1.14 bits per heavy atom. The normalized spacial score (nSPS) is 29.1. The summed E-state index contributed by atoms with van der Waals surface area (Å²) in [4.78, 5) is 22.2. The van der Waals surface area contributed by atoms with Crippen molar-refractivity contribution >= 4 is 21.8 Å². The first kappa shape index (κ1) is 9.64. The van der Waals surface area contributed by atoms with E-state index in [0.29, 0.717) is 0 Å². The first-order valence-electron chi connectivity index (χ1n) is 4.39. The lowest BCUT2D eigenvalue weighted by atomic mass is 9.81. The van der Waals surface area contributed by atoms with E-state index >= 15 is 0 Å². The quantitative estimate of drug-likeness (QED) is 0.410. The second-order valence-corrected chi connectivity index (χ2v) is 6.17. The topological polar surface area (TPSA) is 77.5 Å². The molecule has 5 nitrogen and oxygen atoms in total. The van der Waals surface area contributed by atoms with Crippen LogP contribution in [0.4, 0.5) is 0 Å². The van der Waals surface area contributed by atoms with Gasteiger partial charge in [-0.15, -0.1) is 0 Å². The number of esters is 2. The molecule has 2 aliphatic heterocycles. The molecule has 0 amide bonds. The summed E-state index contributed by atoms with van der Waals surface area (Å²) in [6.45, 7) is 0. The van der Waals surface area contributed by atoms with Gasteiger partial charge in [-0.3, -0.25) is 9.59 Å². The third-order valence-corrected chi connectivity index (χ3v) is 4.56. The van der Waals surface area contributed by atoms with Crippen molar-refractivity contribution < 1.29 is 22.7 Å². The Labute approximate surface area is 81.3 Å². The van der Waals surface area contributed by atoms with Crippen LogP contribution in [0.15, 0.2) is 0 Å². The van der Waals surface area contributed by atoms with E-state index in [1.165, 1.54) is 0 Å². The number of cyclic esters (lactones) is 2. The number of hydrogen-bond donors (Lipinski definition) is 0. The van der Waals surface area contributed by atoms with Crippen molar-refractivity contribution in [3.05, 3.63) is 0 Å². The van der Waals surface area contributed by atoms with Gasteiger partial charge in [0.2, 0.25) is 0 Å². The van der Waals surface area contributed by atoms with Crippen LogP contribution in [0.2, 0.25) is 0 Å². The Morgan fingerprint density at radius 3 is 2.14 bits per heavy atom. The fourth-order valence-corrected chi connectivity index (χ4v) is 3.51. The lowest BCUT2D eigenvalue weighted by molar-refractivity contribution is -0.155. The first-order valence-corrected chi connectivity index (χ1v) is 6.21. The second kappa shape index (κ2) is 2.79. The van der Waals surface area contributed by atoms with Gasteiger partial charge in [0.15, 0.2) is 0 Å². The van der Waals surface area contributed by atoms with Crippen LogP contribution in [0.25, 0.3) is 0 Å². The van der Waals surface area contributed by atoms with Crippen LogP contribution in [-0.2, 0) is 24.2 Å². The average molecular weight is 218 g/mol. The number of sulfone groups is 1. The van der Waals surface area contributed by atoms with Gasteiger partial charge in [-0.1, -0.05) is 0 Å². The second-order valence-electron chi connectivity index (χ2n) is 3.87. The summed E-state index contributed by atoms with van der Waals surface area (Å²) < 4.78 is 26.7. The Bertz CT molecular complexity index is 380. The van der Waals surface area contributed by atoms with Gasteiger partial charge in [-0.25, -0.2) is 8.42 Å². The maximum Gasteiger partial charge on any atom is 0.320 e. The Morgan fingerprint density at radius 2 is 1.71 bits per heavy atom.